The van der Waals surface area contributed by atoms with E-state index in [2.05, 4.69) is 80.6 Å². The number of hydrogen-bond donors (Lipinski definition) is 0. The quantitative estimate of drug-likeness (QED) is 0.216. The van der Waals surface area contributed by atoms with Crippen molar-refractivity contribution >= 4 is 41.0 Å². The van der Waals surface area contributed by atoms with Gasteiger partial charge in [-0.2, -0.15) is 0 Å². The van der Waals surface area contributed by atoms with Crippen molar-refractivity contribution in [3.63, 3.8) is 0 Å². The van der Waals surface area contributed by atoms with Crippen molar-refractivity contribution in [2.45, 2.75) is 98.7 Å². The first kappa shape index (κ1) is 30.5. The zero-order chi connectivity index (χ0) is 29.3. The van der Waals surface area contributed by atoms with Gasteiger partial charge in [0.2, 0.25) is 0 Å². The zero-order valence-corrected chi connectivity index (χ0v) is 26.2. The van der Waals surface area contributed by atoms with Gasteiger partial charge in [-0.1, -0.05) is 81.3 Å². The molecule has 6 heteroatoms. The molecular formula is C36H40O4S2. The molecule has 0 saturated heterocycles. The van der Waals surface area contributed by atoms with Crippen LogP contribution in [0, 0.1) is 0 Å². The molecule has 0 aromatic heterocycles. The van der Waals surface area contributed by atoms with Gasteiger partial charge in [-0.25, -0.2) is 0 Å². The molecule has 1 aliphatic carbocycles. The van der Waals surface area contributed by atoms with Gasteiger partial charge < -0.3 is 9.47 Å². The Hall–Kier alpha value is -2.96. The first-order valence-electron chi connectivity index (χ1n) is 15.2. The van der Waals surface area contributed by atoms with Crippen molar-refractivity contribution in [3.8, 4) is 11.1 Å². The summed E-state index contributed by atoms with van der Waals surface area (Å²) in [5, 5.41) is 0. The summed E-state index contributed by atoms with van der Waals surface area (Å²) in [6.45, 7) is 4.14. The molecule has 0 amide bonds. The molecular weight excluding hydrogens is 561 g/mol. The predicted molar refractivity (Wildman–Crippen MR) is 173 cm³/mol. The number of carbonyl (C=O) groups excluding carboxylic acids is 2. The highest BCUT2D eigenvalue weighted by molar-refractivity contribution is 8.00. The molecule has 2 unspecified atom stereocenters. The highest BCUT2D eigenvalue weighted by Crippen LogP contribution is 2.41. The van der Waals surface area contributed by atoms with Crippen LogP contribution >= 0.6 is 23.5 Å². The lowest BCUT2D eigenvalue weighted by molar-refractivity contribution is -0.151. The predicted octanol–water partition coefficient (Wildman–Crippen LogP) is 9.63. The van der Waals surface area contributed by atoms with E-state index in [-0.39, 0.29) is 24.1 Å². The van der Waals surface area contributed by atoms with Crippen molar-refractivity contribution in [2.75, 3.05) is 0 Å². The molecule has 3 aromatic rings. The van der Waals surface area contributed by atoms with Gasteiger partial charge in [-0.15, -0.1) is 23.5 Å². The third kappa shape index (κ3) is 7.90. The van der Waals surface area contributed by atoms with Gasteiger partial charge in [0.1, 0.15) is 12.2 Å². The smallest absolute Gasteiger partial charge is 0.306 e. The summed E-state index contributed by atoms with van der Waals surface area (Å²) in [4.78, 5) is 27.6. The topological polar surface area (TPSA) is 52.6 Å². The lowest BCUT2D eigenvalue weighted by Gasteiger charge is -2.29. The third-order valence-electron chi connectivity index (χ3n) is 7.79. The van der Waals surface area contributed by atoms with Gasteiger partial charge in [0.05, 0.1) is 0 Å². The van der Waals surface area contributed by atoms with Gasteiger partial charge in [-0.3, -0.25) is 9.59 Å². The van der Waals surface area contributed by atoms with E-state index in [0.717, 1.165) is 48.3 Å². The fourth-order valence-electron chi connectivity index (χ4n) is 5.36. The molecule has 4 nitrogen and oxygen atoms in total. The van der Waals surface area contributed by atoms with Crippen LogP contribution in [0.1, 0.15) is 81.9 Å². The van der Waals surface area contributed by atoms with E-state index < -0.39 is 0 Å². The molecule has 0 fully saturated rings. The molecule has 0 spiro atoms. The molecule has 2 aliphatic rings. The van der Waals surface area contributed by atoms with E-state index in [4.69, 9.17) is 9.47 Å². The number of benzene rings is 3. The molecule has 42 heavy (non-hydrogen) atoms. The number of carbonyl (C=O) groups is 2. The summed E-state index contributed by atoms with van der Waals surface area (Å²) in [6, 6.07) is 23.9. The minimum Gasteiger partial charge on any atom is -0.458 e. The Morgan fingerprint density at radius 1 is 0.714 bits per heavy atom. The number of fused-ring (bicyclic) bond motifs is 2. The Balaban J connectivity index is 1.37. The molecule has 2 atom stereocenters. The Bertz CT molecular complexity index is 1420. The van der Waals surface area contributed by atoms with E-state index >= 15 is 0 Å². The Morgan fingerprint density at radius 3 is 1.95 bits per heavy atom. The van der Waals surface area contributed by atoms with Gasteiger partial charge in [0, 0.05) is 34.1 Å². The molecule has 5 rings (SSSR count). The van der Waals surface area contributed by atoms with Crippen molar-refractivity contribution in [3.05, 3.63) is 89.5 Å². The van der Waals surface area contributed by atoms with Crippen LogP contribution in [0.2, 0.25) is 0 Å². The summed E-state index contributed by atoms with van der Waals surface area (Å²) in [5.74, 6) is 1.46. The Labute approximate surface area is 258 Å². The number of hydrogen-bond acceptors (Lipinski definition) is 6. The summed E-state index contributed by atoms with van der Waals surface area (Å²) in [5.41, 5.74) is 7.12. The summed E-state index contributed by atoms with van der Waals surface area (Å²) < 4.78 is 11.8. The van der Waals surface area contributed by atoms with E-state index in [9.17, 15) is 9.59 Å². The largest absolute Gasteiger partial charge is 0.458 e. The van der Waals surface area contributed by atoms with Crippen LogP contribution in [-0.2, 0) is 30.6 Å². The van der Waals surface area contributed by atoms with E-state index in [1.54, 1.807) is 0 Å². The van der Waals surface area contributed by atoms with Crippen molar-refractivity contribution in [1.29, 1.82) is 0 Å². The molecule has 3 aromatic carbocycles. The summed E-state index contributed by atoms with van der Waals surface area (Å²) in [6.07, 6.45) is 7.13. The summed E-state index contributed by atoms with van der Waals surface area (Å²) >= 11 is 3.75. The van der Waals surface area contributed by atoms with Gasteiger partial charge in [-0.05, 0) is 77.3 Å². The van der Waals surface area contributed by atoms with Crippen LogP contribution in [-0.4, -0.2) is 24.1 Å². The highest BCUT2D eigenvalue weighted by atomic mass is 32.2. The maximum atomic E-state index is 12.6. The lowest BCUT2D eigenvalue weighted by Crippen LogP contribution is -2.28. The normalized spacial score (nSPS) is 18.1. The zero-order valence-electron chi connectivity index (χ0n) is 24.6. The van der Waals surface area contributed by atoms with Crippen LogP contribution in [0.3, 0.4) is 0 Å². The molecule has 0 radical (unpaired) electrons. The fraction of sp³-hybridized carbons (Fsp3) is 0.389. The second kappa shape index (κ2) is 15.0. The average molecular weight is 601 g/mol. The molecule has 0 bridgehead atoms. The third-order valence-corrected chi connectivity index (χ3v) is 10.1. The first-order valence-corrected chi connectivity index (χ1v) is 17.2. The van der Waals surface area contributed by atoms with Crippen LogP contribution in [0.15, 0.2) is 82.6 Å². The first-order chi connectivity index (χ1) is 20.5. The molecule has 220 valence electrons. The second-order valence-electron chi connectivity index (χ2n) is 11.0. The second-order valence-corrected chi connectivity index (χ2v) is 13.0. The van der Waals surface area contributed by atoms with E-state index in [1.807, 2.05) is 29.6 Å². The summed E-state index contributed by atoms with van der Waals surface area (Å²) in [7, 11) is 0. The van der Waals surface area contributed by atoms with Gasteiger partial charge in [0.15, 0.2) is 0 Å². The Kier molecular flexibility index (Phi) is 10.9. The number of ether oxygens (including phenoxy) is 2. The van der Waals surface area contributed by atoms with Crippen molar-refractivity contribution in [2.24, 2.45) is 0 Å². The highest BCUT2D eigenvalue weighted by Gasteiger charge is 2.29. The SMILES string of the molecule is CCCCC(=O)OC1C=C(c2ccc3c(c2)SCc2ccc(-c4ccccc4)cc2SC3)C(OC(=O)CCCC)CC1. The van der Waals surface area contributed by atoms with Gasteiger partial charge >= 0.3 is 11.9 Å². The van der Waals surface area contributed by atoms with Crippen molar-refractivity contribution in [1.82, 2.24) is 0 Å². The van der Waals surface area contributed by atoms with Crippen LogP contribution in [0.4, 0.5) is 0 Å². The number of rotatable bonds is 10. The Morgan fingerprint density at radius 2 is 1.31 bits per heavy atom. The van der Waals surface area contributed by atoms with Crippen molar-refractivity contribution < 1.29 is 19.1 Å². The maximum absolute atomic E-state index is 12.6. The lowest BCUT2D eigenvalue weighted by atomic mass is 9.89. The standard InChI is InChI=1S/C36H40O4S2/c1-3-5-12-35(37)39-30-18-19-32(40-36(38)13-6-4-2)31(22-30)27-15-17-29-24-41-33-20-26(25-10-8-7-9-11-25)14-16-28(33)23-42-34(29)21-27/h7-11,14-17,20-22,30,32H,3-6,12-13,18-19,23-24H2,1-2H3. The number of thioether (sulfide) groups is 2. The molecule has 0 saturated carbocycles. The van der Waals surface area contributed by atoms with Gasteiger partial charge in [0.25, 0.3) is 0 Å². The molecule has 1 heterocycles. The minimum atomic E-state index is -0.330. The van der Waals surface area contributed by atoms with E-state index in [1.165, 1.54) is 32.0 Å². The van der Waals surface area contributed by atoms with E-state index in [0.29, 0.717) is 25.7 Å². The molecule has 1 aliphatic heterocycles. The van der Waals surface area contributed by atoms with Crippen LogP contribution in [0.5, 0.6) is 0 Å². The fourth-order valence-corrected chi connectivity index (χ4v) is 7.74. The molecule has 0 N–H and O–H groups in total. The number of unbranched alkanes of at least 4 members (excludes halogenated alkanes) is 2. The number of esters is 2. The average Bonchev–Trinajstić information content (AvgIpc) is 3.01. The van der Waals surface area contributed by atoms with Crippen LogP contribution < -0.4 is 0 Å². The minimum absolute atomic E-state index is 0.157. The monoisotopic (exact) mass is 600 g/mol. The van der Waals surface area contributed by atoms with Crippen LogP contribution in [0.25, 0.3) is 16.7 Å². The maximum Gasteiger partial charge on any atom is 0.306 e.